The zero-order valence-corrected chi connectivity index (χ0v) is 12.3. The highest BCUT2D eigenvalue weighted by Gasteiger charge is 2.16. The van der Waals surface area contributed by atoms with Gasteiger partial charge in [-0.25, -0.2) is 0 Å². The minimum atomic E-state index is 0.642. The molecule has 1 aliphatic rings. The average molecular weight is 260 g/mol. The Morgan fingerprint density at radius 1 is 1.11 bits per heavy atom. The smallest absolute Gasteiger partial charge is 0.0233 e. The summed E-state index contributed by atoms with van der Waals surface area (Å²) in [4.78, 5) is 2.62. The Bertz CT molecular complexity index is 358. The van der Waals surface area contributed by atoms with Crippen molar-refractivity contribution in [3.63, 3.8) is 0 Å². The van der Waals surface area contributed by atoms with Crippen LogP contribution in [0.1, 0.15) is 50.2 Å². The van der Waals surface area contributed by atoms with Crippen molar-refractivity contribution in [2.75, 3.05) is 13.1 Å². The lowest BCUT2D eigenvalue weighted by Gasteiger charge is -2.20. The minimum absolute atomic E-state index is 0.642. The second-order valence-corrected chi connectivity index (χ2v) is 5.88. The standard InChI is InChI=1S/C17H28N2/c1-2-4-15-5-3-11-19(12-10-15)14-17-8-6-16(13-18)7-9-17/h6-9,15H,2-5,10-14,18H2,1H3. The maximum Gasteiger partial charge on any atom is 0.0233 e. The van der Waals surface area contributed by atoms with E-state index in [2.05, 4.69) is 36.1 Å². The first-order chi connectivity index (χ1) is 9.31. The second-order valence-electron chi connectivity index (χ2n) is 5.88. The lowest BCUT2D eigenvalue weighted by atomic mass is 9.96. The number of rotatable bonds is 5. The van der Waals surface area contributed by atoms with Crippen molar-refractivity contribution in [3.05, 3.63) is 35.4 Å². The van der Waals surface area contributed by atoms with Crippen molar-refractivity contribution in [2.24, 2.45) is 11.7 Å². The van der Waals surface area contributed by atoms with Gasteiger partial charge in [0.25, 0.3) is 0 Å². The quantitative estimate of drug-likeness (QED) is 0.877. The van der Waals surface area contributed by atoms with Gasteiger partial charge in [0, 0.05) is 13.1 Å². The lowest BCUT2D eigenvalue weighted by Crippen LogP contribution is -2.24. The molecule has 1 fully saturated rings. The number of hydrogen-bond acceptors (Lipinski definition) is 2. The molecule has 1 aromatic carbocycles. The van der Waals surface area contributed by atoms with Crippen LogP contribution in [0.25, 0.3) is 0 Å². The Balaban J connectivity index is 1.84. The monoisotopic (exact) mass is 260 g/mol. The molecule has 1 atom stereocenters. The van der Waals surface area contributed by atoms with Crippen LogP contribution in [0, 0.1) is 5.92 Å². The third kappa shape index (κ3) is 4.63. The molecule has 0 aromatic heterocycles. The molecule has 0 spiro atoms. The van der Waals surface area contributed by atoms with E-state index < -0.39 is 0 Å². The summed E-state index contributed by atoms with van der Waals surface area (Å²) in [6.07, 6.45) is 6.93. The van der Waals surface area contributed by atoms with Gasteiger partial charge in [-0.05, 0) is 49.4 Å². The van der Waals surface area contributed by atoms with Crippen LogP contribution in [0.2, 0.25) is 0 Å². The number of nitrogens with zero attached hydrogens (tertiary/aromatic N) is 1. The van der Waals surface area contributed by atoms with Crippen LogP contribution in [0.15, 0.2) is 24.3 Å². The van der Waals surface area contributed by atoms with E-state index in [4.69, 9.17) is 5.73 Å². The van der Waals surface area contributed by atoms with Gasteiger partial charge in [-0.1, -0.05) is 44.0 Å². The molecule has 0 saturated carbocycles. The molecule has 106 valence electrons. The van der Waals surface area contributed by atoms with Crippen molar-refractivity contribution in [1.29, 1.82) is 0 Å². The van der Waals surface area contributed by atoms with E-state index in [9.17, 15) is 0 Å². The molecule has 2 nitrogen and oxygen atoms in total. The topological polar surface area (TPSA) is 29.3 Å². The summed E-state index contributed by atoms with van der Waals surface area (Å²) in [7, 11) is 0. The minimum Gasteiger partial charge on any atom is -0.326 e. The van der Waals surface area contributed by atoms with E-state index in [1.807, 2.05) is 0 Å². The number of hydrogen-bond donors (Lipinski definition) is 1. The largest absolute Gasteiger partial charge is 0.326 e. The van der Waals surface area contributed by atoms with Crippen LogP contribution in [0.3, 0.4) is 0 Å². The summed E-state index contributed by atoms with van der Waals surface area (Å²) >= 11 is 0. The molecule has 2 N–H and O–H groups in total. The maximum atomic E-state index is 5.64. The third-order valence-electron chi connectivity index (χ3n) is 4.30. The van der Waals surface area contributed by atoms with E-state index in [0.29, 0.717) is 6.54 Å². The Morgan fingerprint density at radius 3 is 2.53 bits per heavy atom. The highest BCUT2D eigenvalue weighted by molar-refractivity contribution is 5.22. The van der Waals surface area contributed by atoms with E-state index in [-0.39, 0.29) is 0 Å². The molecule has 1 aliphatic heterocycles. The summed E-state index contributed by atoms with van der Waals surface area (Å²) in [6.45, 7) is 6.58. The molecule has 0 bridgehead atoms. The molecule has 1 aromatic rings. The highest BCUT2D eigenvalue weighted by Crippen LogP contribution is 2.22. The van der Waals surface area contributed by atoms with Crippen molar-refractivity contribution < 1.29 is 0 Å². The highest BCUT2D eigenvalue weighted by atomic mass is 15.1. The molecular weight excluding hydrogens is 232 g/mol. The van der Waals surface area contributed by atoms with Crippen molar-refractivity contribution in [2.45, 2.75) is 52.1 Å². The van der Waals surface area contributed by atoms with Gasteiger partial charge in [0.15, 0.2) is 0 Å². The molecule has 19 heavy (non-hydrogen) atoms. The van der Waals surface area contributed by atoms with Crippen LogP contribution in [0.5, 0.6) is 0 Å². The van der Waals surface area contributed by atoms with Gasteiger partial charge in [0.05, 0.1) is 0 Å². The number of benzene rings is 1. The lowest BCUT2D eigenvalue weighted by molar-refractivity contribution is 0.271. The summed E-state index contributed by atoms with van der Waals surface area (Å²) in [5.41, 5.74) is 8.29. The Hall–Kier alpha value is -0.860. The van der Waals surface area contributed by atoms with Gasteiger partial charge in [0.2, 0.25) is 0 Å². The number of nitrogens with two attached hydrogens (primary N) is 1. The Kier molecular flexibility index (Phi) is 5.87. The van der Waals surface area contributed by atoms with Gasteiger partial charge in [-0.3, -0.25) is 4.90 Å². The third-order valence-corrected chi connectivity index (χ3v) is 4.30. The van der Waals surface area contributed by atoms with Gasteiger partial charge in [-0.15, -0.1) is 0 Å². The van der Waals surface area contributed by atoms with E-state index >= 15 is 0 Å². The zero-order chi connectivity index (χ0) is 13.5. The van der Waals surface area contributed by atoms with Gasteiger partial charge >= 0.3 is 0 Å². The normalized spacial score (nSPS) is 21.3. The van der Waals surface area contributed by atoms with Crippen molar-refractivity contribution in [1.82, 2.24) is 4.90 Å². The van der Waals surface area contributed by atoms with E-state index in [0.717, 1.165) is 12.5 Å². The average Bonchev–Trinajstić information content (AvgIpc) is 2.66. The van der Waals surface area contributed by atoms with Crippen molar-refractivity contribution >= 4 is 0 Å². The van der Waals surface area contributed by atoms with Crippen LogP contribution >= 0.6 is 0 Å². The molecular formula is C17H28N2. The van der Waals surface area contributed by atoms with Crippen LogP contribution in [-0.4, -0.2) is 18.0 Å². The van der Waals surface area contributed by atoms with E-state index in [1.165, 1.54) is 56.3 Å². The molecule has 0 amide bonds. The molecule has 1 heterocycles. The molecule has 0 radical (unpaired) electrons. The van der Waals surface area contributed by atoms with Gasteiger partial charge < -0.3 is 5.73 Å². The zero-order valence-electron chi connectivity index (χ0n) is 12.3. The first-order valence-corrected chi connectivity index (χ1v) is 7.82. The van der Waals surface area contributed by atoms with Crippen LogP contribution in [0.4, 0.5) is 0 Å². The first kappa shape index (κ1) is 14.5. The number of likely N-dealkylation sites (tertiary alicyclic amines) is 1. The van der Waals surface area contributed by atoms with E-state index in [1.54, 1.807) is 0 Å². The maximum absolute atomic E-state index is 5.64. The Labute approximate surface area is 118 Å². The summed E-state index contributed by atoms with van der Waals surface area (Å²) in [6, 6.07) is 8.79. The first-order valence-electron chi connectivity index (χ1n) is 7.82. The fourth-order valence-corrected chi connectivity index (χ4v) is 3.12. The van der Waals surface area contributed by atoms with Gasteiger partial charge in [0.1, 0.15) is 0 Å². The summed E-state index contributed by atoms with van der Waals surface area (Å²) in [5.74, 6) is 0.967. The summed E-state index contributed by atoms with van der Waals surface area (Å²) in [5, 5.41) is 0. The second kappa shape index (κ2) is 7.66. The Morgan fingerprint density at radius 2 is 1.84 bits per heavy atom. The van der Waals surface area contributed by atoms with Crippen molar-refractivity contribution in [3.8, 4) is 0 Å². The molecule has 1 unspecified atom stereocenters. The molecule has 2 rings (SSSR count). The summed E-state index contributed by atoms with van der Waals surface area (Å²) < 4.78 is 0. The molecule has 1 saturated heterocycles. The van der Waals surface area contributed by atoms with Crippen LogP contribution in [-0.2, 0) is 13.1 Å². The van der Waals surface area contributed by atoms with Gasteiger partial charge in [-0.2, -0.15) is 0 Å². The SMILES string of the molecule is CCCC1CCCN(Cc2ccc(CN)cc2)CC1. The predicted octanol–water partition coefficient (Wildman–Crippen LogP) is 3.55. The fraction of sp³-hybridized carbons (Fsp3) is 0.647. The fourth-order valence-electron chi connectivity index (χ4n) is 3.12. The predicted molar refractivity (Wildman–Crippen MR) is 81.9 cm³/mol. The molecule has 2 heteroatoms. The van der Waals surface area contributed by atoms with Crippen LogP contribution < -0.4 is 5.73 Å². The molecule has 0 aliphatic carbocycles.